The molecule has 0 aliphatic rings. The van der Waals surface area contributed by atoms with Crippen LogP contribution in [0.3, 0.4) is 0 Å². The number of hydrogen-bond donors (Lipinski definition) is 1. The molecule has 0 aromatic heterocycles. The van der Waals surface area contributed by atoms with Crippen molar-refractivity contribution in [3.8, 4) is 0 Å². The molecule has 0 spiro atoms. The zero-order valence-electron chi connectivity index (χ0n) is 19.7. The maximum atomic E-state index is 12.8. The molecule has 0 saturated carbocycles. The molecule has 0 fully saturated rings. The van der Waals surface area contributed by atoms with Gasteiger partial charge in [-0.3, -0.25) is 9.59 Å². The number of thioether (sulfide) groups is 1. The number of hydrogen-bond acceptors (Lipinski definition) is 5. The smallest absolute Gasteiger partial charge is 0.339 e. The third-order valence-corrected chi connectivity index (χ3v) is 6.30. The topological polar surface area (TPSA) is 72.5 Å². The number of nitrogens with one attached hydrogen (secondary N) is 1. The van der Waals surface area contributed by atoms with Crippen molar-refractivity contribution in [2.75, 3.05) is 11.1 Å². The fraction of sp³-hybridized carbons (Fsp3) is 0.250. The molecule has 0 radical (unpaired) electrons. The Morgan fingerprint density at radius 1 is 0.941 bits per heavy atom. The van der Waals surface area contributed by atoms with Gasteiger partial charge in [-0.25, -0.2) is 4.79 Å². The van der Waals surface area contributed by atoms with E-state index in [4.69, 9.17) is 4.74 Å². The summed E-state index contributed by atoms with van der Waals surface area (Å²) in [6.07, 6.45) is 1.07. The van der Waals surface area contributed by atoms with Crippen LogP contribution in [0.5, 0.6) is 0 Å². The van der Waals surface area contributed by atoms with Crippen LogP contribution in [0.2, 0.25) is 0 Å². The molecule has 1 N–H and O–H groups in total. The Balaban J connectivity index is 1.60. The summed E-state index contributed by atoms with van der Waals surface area (Å²) < 4.78 is 5.48. The molecule has 3 aromatic carbocycles. The summed E-state index contributed by atoms with van der Waals surface area (Å²) in [6.45, 7) is 5.66. The first-order chi connectivity index (χ1) is 16.4. The van der Waals surface area contributed by atoms with Crippen molar-refractivity contribution in [2.45, 2.75) is 44.6 Å². The van der Waals surface area contributed by atoms with Crippen LogP contribution in [-0.2, 0) is 16.0 Å². The largest absolute Gasteiger partial charge is 0.451 e. The number of rotatable bonds is 10. The molecule has 1 atom stereocenters. The van der Waals surface area contributed by atoms with E-state index >= 15 is 0 Å². The lowest BCUT2D eigenvalue weighted by molar-refractivity contribution is -0.113. The van der Waals surface area contributed by atoms with E-state index in [1.54, 1.807) is 43.3 Å². The van der Waals surface area contributed by atoms with Gasteiger partial charge in [0, 0.05) is 16.1 Å². The minimum atomic E-state index is -0.924. The van der Waals surface area contributed by atoms with Gasteiger partial charge in [-0.05, 0) is 50.1 Å². The van der Waals surface area contributed by atoms with Crippen molar-refractivity contribution < 1.29 is 19.1 Å². The van der Waals surface area contributed by atoms with Crippen molar-refractivity contribution in [3.63, 3.8) is 0 Å². The summed E-state index contributed by atoms with van der Waals surface area (Å²) in [6, 6.07) is 21.9. The van der Waals surface area contributed by atoms with Gasteiger partial charge >= 0.3 is 5.97 Å². The van der Waals surface area contributed by atoms with Crippen molar-refractivity contribution in [3.05, 3.63) is 95.1 Å². The second kappa shape index (κ2) is 12.2. The molecule has 176 valence electrons. The lowest BCUT2D eigenvalue weighted by Crippen LogP contribution is -2.24. The van der Waals surface area contributed by atoms with Crippen LogP contribution in [0.4, 0.5) is 5.69 Å². The van der Waals surface area contributed by atoms with Crippen molar-refractivity contribution in [1.82, 2.24) is 0 Å². The van der Waals surface area contributed by atoms with E-state index < -0.39 is 12.1 Å². The number of aryl methyl sites for hydroxylation is 2. The number of esters is 1. The standard InChI is InChI=1S/C28H29NO4S/c1-4-7-21-12-14-22(15-13-21)27(31)20(3)33-28(32)24-8-5-6-9-25(24)34-18-26(30)29-23-16-10-19(2)11-17-23/h5-6,8-17,20H,4,7,18H2,1-3H3,(H,29,30)/t20-/m0/s1. The van der Waals surface area contributed by atoms with Crippen molar-refractivity contribution in [2.24, 2.45) is 0 Å². The molecule has 0 aliphatic heterocycles. The summed E-state index contributed by atoms with van der Waals surface area (Å²) in [5.41, 5.74) is 3.84. The highest BCUT2D eigenvalue weighted by Gasteiger charge is 2.22. The minimum Gasteiger partial charge on any atom is -0.451 e. The van der Waals surface area contributed by atoms with E-state index in [9.17, 15) is 14.4 Å². The van der Waals surface area contributed by atoms with Crippen LogP contribution in [0.15, 0.2) is 77.7 Å². The average molecular weight is 476 g/mol. The van der Waals surface area contributed by atoms with Gasteiger partial charge in [0.1, 0.15) is 0 Å². The molecule has 34 heavy (non-hydrogen) atoms. The van der Waals surface area contributed by atoms with Gasteiger partial charge in [-0.2, -0.15) is 0 Å². The lowest BCUT2D eigenvalue weighted by Gasteiger charge is -2.14. The fourth-order valence-electron chi connectivity index (χ4n) is 3.38. The number of carbonyl (C=O) groups excluding carboxylic acids is 3. The lowest BCUT2D eigenvalue weighted by atomic mass is 10.0. The molecule has 3 aromatic rings. The monoisotopic (exact) mass is 475 g/mol. The number of ketones is 1. The predicted molar refractivity (Wildman–Crippen MR) is 137 cm³/mol. The number of carbonyl (C=O) groups is 3. The van der Waals surface area contributed by atoms with Crippen molar-refractivity contribution >= 4 is 35.1 Å². The fourth-order valence-corrected chi connectivity index (χ4v) is 4.22. The highest BCUT2D eigenvalue weighted by Crippen LogP contribution is 2.24. The van der Waals surface area contributed by atoms with E-state index in [1.807, 2.05) is 43.3 Å². The van der Waals surface area contributed by atoms with Crippen LogP contribution in [0, 0.1) is 6.92 Å². The molecule has 0 heterocycles. The summed E-state index contributed by atoms with van der Waals surface area (Å²) in [5, 5.41) is 2.84. The highest BCUT2D eigenvalue weighted by molar-refractivity contribution is 8.00. The molecule has 3 rings (SSSR count). The van der Waals surface area contributed by atoms with E-state index in [0.29, 0.717) is 16.0 Å². The van der Waals surface area contributed by atoms with Crippen LogP contribution in [-0.4, -0.2) is 29.5 Å². The van der Waals surface area contributed by atoms with Crippen LogP contribution in [0.1, 0.15) is 52.1 Å². The quantitative estimate of drug-likeness (QED) is 0.218. The molecule has 1 amide bonds. The Bertz CT molecular complexity index is 1140. The summed E-state index contributed by atoms with van der Waals surface area (Å²) in [7, 11) is 0. The van der Waals surface area contributed by atoms with Gasteiger partial charge in [0.05, 0.1) is 11.3 Å². The molecular weight excluding hydrogens is 446 g/mol. The van der Waals surface area contributed by atoms with E-state index in [1.165, 1.54) is 17.3 Å². The van der Waals surface area contributed by atoms with Crippen LogP contribution >= 0.6 is 11.8 Å². The van der Waals surface area contributed by atoms with E-state index in [2.05, 4.69) is 12.2 Å². The number of Topliss-reactive ketones (excluding diaryl/α,β-unsaturated/α-hetero) is 1. The van der Waals surface area contributed by atoms with Crippen LogP contribution < -0.4 is 5.32 Å². The third kappa shape index (κ3) is 7.06. The van der Waals surface area contributed by atoms with Gasteiger partial charge in [0.2, 0.25) is 11.7 Å². The Labute approximate surface area is 204 Å². The molecular formula is C28H29NO4S. The zero-order chi connectivity index (χ0) is 24.5. The van der Waals surface area contributed by atoms with Crippen LogP contribution in [0.25, 0.3) is 0 Å². The Hall–Kier alpha value is -3.38. The zero-order valence-corrected chi connectivity index (χ0v) is 20.5. The summed E-state index contributed by atoms with van der Waals surface area (Å²) in [4.78, 5) is 38.5. The SMILES string of the molecule is CCCc1ccc(C(=O)[C@H](C)OC(=O)c2ccccc2SCC(=O)Nc2ccc(C)cc2)cc1. The van der Waals surface area contributed by atoms with Gasteiger partial charge in [0.15, 0.2) is 6.10 Å². The summed E-state index contributed by atoms with van der Waals surface area (Å²) in [5.74, 6) is -0.881. The first-order valence-electron chi connectivity index (χ1n) is 11.3. The maximum absolute atomic E-state index is 12.8. The number of benzene rings is 3. The van der Waals surface area contributed by atoms with E-state index in [0.717, 1.165) is 24.1 Å². The molecule has 5 nitrogen and oxygen atoms in total. The van der Waals surface area contributed by atoms with Gasteiger partial charge in [-0.15, -0.1) is 11.8 Å². The second-order valence-corrected chi connectivity index (χ2v) is 9.07. The average Bonchev–Trinajstić information content (AvgIpc) is 2.84. The summed E-state index contributed by atoms with van der Waals surface area (Å²) >= 11 is 1.25. The molecule has 0 bridgehead atoms. The first kappa shape index (κ1) is 25.2. The van der Waals surface area contributed by atoms with E-state index in [-0.39, 0.29) is 17.4 Å². The Morgan fingerprint density at radius 3 is 2.29 bits per heavy atom. The molecule has 0 saturated heterocycles. The molecule has 0 unspecified atom stereocenters. The van der Waals surface area contributed by atoms with Gasteiger partial charge < -0.3 is 10.1 Å². The number of ether oxygens (including phenoxy) is 1. The Kier molecular flexibility index (Phi) is 9.05. The molecule has 0 aliphatic carbocycles. The highest BCUT2D eigenvalue weighted by atomic mass is 32.2. The minimum absolute atomic E-state index is 0.136. The first-order valence-corrected chi connectivity index (χ1v) is 12.3. The molecule has 6 heteroatoms. The van der Waals surface area contributed by atoms with Gasteiger partial charge in [0.25, 0.3) is 0 Å². The normalized spacial score (nSPS) is 11.5. The number of anilines is 1. The predicted octanol–water partition coefficient (Wildman–Crippen LogP) is 6.11. The second-order valence-electron chi connectivity index (χ2n) is 8.06. The maximum Gasteiger partial charge on any atom is 0.339 e. The van der Waals surface area contributed by atoms with Crippen molar-refractivity contribution in [1.29, 1.82) is 0 Å². The van der Waals surface area contributed by atoms with Gasteiger partial charge in [-0.1, -0.05) is 67.4 Å². The third-order valence-electron chi connectivity index (χ3n) is 5.23. The number of amides is 1. The Morgan fingerprint density at radius 2 is 1.62 bits per heavy atom.